The molecule has 0 saturated carbocycles. The number of benzene rings is 2. The molecule has 0 aliphatic rings. The zero-order chi connectivity index (χ0) is 20.1. The van der Waals surface area contributed by atoms with Gasteiger partial charge in [-0.1, -0.05) is 43.6 Å². The van der Waals surface area contributed by atoms with Gasteiger partial charge >= 0.3 is 0 Å². The Kier molecular flexibility index (Phi) is 6.11. The average molecular weight is 397 g/mol. The fourth-order valence-electron chi connectivity index (χ4n) is 2.80. The van der Waals surface area contributed by atoms with E-state index < -0.39 is 6.04 Å². The molecular weight excluding hydrogens is 376 g/mol. The summed E-state index contributed by atoms with van der Waals surface area (Å²) >= 11 is 5.84. The number of hydrazone groups is 1. The van der Waals surface area contributed by atoms with Gasteiger partial charge in [0.15, 0.2) is 0 Å². The second-order valence-electron chi connectivity index (χ2n) is 6.73. The minimum Gasteiger partial charge on any atom is -0.361 e. The summed E-state index contributed by atoms with van der Waals surface area (Å²) in [7, 11) is 0. The lowest BCUT2D eigenvalue weighted by Crippen LogP contribution is -2.48. The molecular formula is C21H21ClN4O2. The molecule has 2 amide bonds. The lowest BCUT2D eigenvalue weighted by Gasteiger charge is -2.20. The number of aromatic amines is 1. The first-order valence-corrected chi connectivity index (χ1v) is 9.29. The van der Waals surface area contributed by atoms with E-state index in [1.54, 1.807) is 30.5 Å². The molecule has 1 atom stereocenters. The van der Waals surface area contributed by atoms with Gasteiger partial charge < -0.3 is 10.3 Å². The zero-order valence-corrected chi connectivity index (χ0v) is 16.3. The first-order chi connectivity index (χ1) is 13.5. The molecule has 0 fully saturated rings. The summed E-state index contributed by atoms with van der Waals surface area (Å²) in [6, 6.07) is 13.6. The highest BCUT2D eigenvalue weighted by Gasteiger charge is 2.24. The maximum atomic E-state index is 12.5. The first-order valence-electron chi connectivity index (χ1n) is 8.91. The van der Waals surface area contributed by atoms with Crippen LogP contribution in [0.1, 0.15) is 29.8 Å². The van der Waals surface area contributed by atoms with Gasteiger partial charge in [0.2, 0.25) is 0 Å². The minimum atomic E-state index is -0.719. The first kappa shape index (κ1) is 19.6. The lowest BCUT2D eigenvalue weighted by molar-refractivity contribution is -0.123. The van der Waals surface area contributed by atoms with Gasteiger partial charge in [0.1, 0.15) is 6.04 Å². The van der Waals surface area contributed by atoms with E-state index in [9.17, 15) is 9.59 Å². The van der Waals surface area contributed by atoms with Crippen LogP contribution in [0, 0.1) is 5.92 Å². The van der Waals surface area contributed by atoms with Crippen molar-refractivity contribution in [2.45, 2.75) is 19.9 Å². The van der Waals surface area contributed by atoms with Crippen LogP contribution in [0.25, 0.3) is 10.9 Å². The SMILES string of the molecule is CC(C)C(NC(=O)c1ccc(Cl)cc1)C(=O)NN=Cc1c[nH]c2ccccc12. The van der Waals surface area contributed by atoms with Gasteiger partial charge in [0.25, 0.3) is 11.8 Å². The Hall–Kier alpha value is -3.12. The molecule has 1 aromatic heterocycles. The van der Waals surface area contributed by atoms with Crippen LogP contribution >= 0.6 is 11.6 Å². The van der Waals surface area contributed by atoms with Crippen molar-refractivity contribution in [3.8, 4) is 0 Å². The van der Waals surface area contributed by atoms with E-state index in [1.807, 2.05) is 44.3 Å². The van der Waals surface area contributed by atoms with Crippen molar-refractivity contribution in [1.29, 1.82) is 0 Å². The zero-order valence-electron chi connectivity index (χ0n) is 15.6. The number of aromatic nitrogens is 1. The second-order valence-corrected chi connectivity index (χ2v) is 7.16. The van der Waals surface area contributed by atoms with Crippen molar-refractivity contribution >= 4 is 40.5 Å². The number of halogens is 1. The third kappa shape index (κ3) is 4.58. The molecule has 0 saturated heterocycles. The van der Waals surface area contributed by atoms with Crippen molar-refractivity contribution in [3.63, 3.8) is 0 Å². The standard InChI is InChI=1S/C21H21ClN4O2/c1-13(2)19(25-20(27)14-7-9-16(22)10-8-14)21(28)26-24-12-15-11-23-18-6-4-3-5-17(15)18/h3-13,19,23H,1-2H3,(H,25,27)(H,26,28). The molecule has 3 aromatic rings. The Balaban J connectivity index is 1.66. The third-order valence-corrected chi connectivity index (χ3v) is 4.59. The van der Waals surface area contributed by atoms with Gasteiger partial charge in [-0.05, 0) is 36.2 Å². The maximum absolute atomic E-state index is 12.5. The molecule has 0 aliphatic carbocycles. The van der Waals surface area contributed by atoms with E-state index in [0.717, 1.165) is 16.5 Å². The summed E-state index contributed by atoms with van der Waals surface area (Å²) in [6.45, 7) is 3.71. The van der Waals surface area contributed by atoms with Gasteiger partial charge in [-0.3, -0.25) is 9.59 Å². The number of para-hydroxylation sites is 1. The van der Waals surface area contributed by atoms with Crippen molar-refractivity contribution in [3.05, 3.63) is 70.9 Å². The third-order valence-electron chi connectivity index (χ3n) is 4.34. The van der Waals surface area contributed by atoms with Crippen LogP contribution in [0.3, 0.4) is 0 Å². The number of fused-ring (bicyclic) bond motifs is 1. The highest BCUT2D eigenvalue weighted by molar-refractivity contribution is 6.30. The number of carbonyl (C=O) groups excluding carboxylic acids is 2. The van der Waals surface area contributed by atoms with E-state index in [-0.39, 0.29) is 17.7 Å². The average Bonchev–Trinajstić information content (AvgIpc) is 3.09. The van der Waals surface area contributed by atoms with E-state index >= 15 is 0 Å². The Bertz CT molecular complexity index is 1010. The highest BCUT2D eigenvalue weighted by Crippen LogP contribution is 2.15. The van der Waals surface area contributed by atoms with Crippen LogP contribution in [0.2, 0.25) is 5.02 Å². The van der Waals surface area contributed by atoms with Gasteiger partial charge in [-0.2, -0.15) is 5.10 Å². The summed E-state index contributed by atoms with van der Waals surface area (Å²) < 4.78 is 0. The Morgan fingerprint density at radius 1 is 1.11 bits per heavy atom. The van der Waals surface area contributed by atoms with Crippen molar-refractivity contribution in [2.24, 2.45) is 11.0 Å². The molecule has 3 N–H and O–H groups in total. The molecule has 3 rings (SSSR count). The van der Waals surface area contributed by atoms with Crippen LogP contribution in [-0.4, -0.2) is 29.1 Å². The number of nitrogens with one attached hydrogen (secondary N) is 3. The van der Waals surface area contributed by atoms with Crippen molar-refractivity contribution in [2.75, 3.05) is 0 Å². The number of H-pyrrole nitrogens is 1. The highest BCUT2D eigenvalue weighted by atomic mass is 35.5. The Morgan fingerprint density at radius 2 is 1.82 bits per heavy atom. The molecule has 2 aromatic carbocycles. The number of hydrogen-bond acceptors (Lipinski definition) is 3. The van der Waals surface area contributed by atoms with Crippen LogP contribution in [0.5, 0.6) is 0 Å². The minimum absolute atomic E-state index is 0.112. The summed E-state index contributed by atoms with van der Waals surface area (Å²) in [5, 5.41) is 8.35. The van der Waals surface area contributed by atoms with E-state index in [1.165, 1.54) is 0 Å². The largest absolute Gasteiger partial charge is 0.361 e. The van der Waals surface area contributed by atoms with Crippen LogP contribution in [0.15, 0.2) is 59.8 Å². The van der Waals surface area contributed by atoms with Crippen LogP contribution in [-0.2, 0) is 4.79 Å². The van der Waals surface area contributed by atoms with E-state index in [0.29, 0.717) is 10.6 Å². The molecule has 7 heteroatoms. The topological polar surface area (TPSA) is 86.3 Å². The smallest absolute Gasteiger partial charge is 0.262 e. The number of hydrogen-bond donors (Lipinski definition) is 3. The van der Waals surface area contributed by atoms with Crippen molar-refractivity contribution in [1.82, 2.24) is 15.7 Å². The van der Waals surface area contributed by atoms with Gasteiger partial charge in [-0.25, -0.2) is 5.43 Å². The van der Waals surface area contributed by atoms with Gasteiger partial charge in [-0.15, -0.1) is 0 Å². The van der Waals surface area contributed by atoms with Crippen LogP contribution < -0.4 is 10.7 Å². The normalized spacial score (nSPS) is 12.4. The van der Waals surface area contributed by atoms with Gasteiger partial charge in [0, 0.05) is 33.2 Å². The monoisotopic (exact) mass is 396 g/mol. The lowest BCUT2D eigenvalue weighted by atomic mass is 10.0. The molecule has 0 radical (unpaired) electrons. The predicted octanol–water partition coefficient (Wildman–Crippen LogP) is 3.73. The van der Waals surface area contributed by atoms with Crippen LogP contribution in [0.4, 0.5) is 0 Å². The van der Waals surface area contributed by atoms with E-state index in [2.05, 4.69) is 20.8 Å². The fourth-order valence-corrected chi connectivity index (χ4v) is 2.92. The number of carbonyl (C=O) groups is 2. The summed E-state index contributed by atoms with van der Waals surface area (Å²) in [5.74, 6) is -0.834. The predicted molar refractivity (Wildman–Crippen MR) is 112 cm³/mol. The number of nitrogens with zero attached hydrogens (tertiary/aromatic N) is 1. The summed E-state index contributed by atoms with van der Waals surface area (Å²) in [5.41, 5.74) is 4.80. The molecule has 6 nitrogen and oxygen atoms in total. The quantitative estimate of drug-likeness (QED) is 0.438. The molecule has 0 aliphatic heterocycles. The molecule has 1 unspecified atom stereocenters. The molecule has 28 heavy (non-hydrogen) atoms. The number of rotatable bonds is 6. The molecule has 1 heterocycles. The van der Waals surface area contributed by atoms with Gasteiger partial charge in [0.05, 0.1) is 6.21 Å². The van der Waals surface area contributed by atoms with Crippen molar-refractivity contribution < 1.29 is 9.59 Å². The fraction of sp³-hybridized carbons (Fsp3) is 0.190. The Labute approximate surface area is 168 Å². The molecule has 0 spiro atoms. The van der Waals surface area contributed by atoms with E-state index in [4.69, 9.17) is 11.6 Å². The summed E-state index contributed by atoms with van der Waals surface area (Å²) in [6.07, 6.45) is 3.40. The Morgan fingerprint density at radius 3 is 2.54 bits per heavy atom. The molecule has 144 valence electrons. The second kappa shape index (κ2) is 8.71. The summed E-state index contributed by atoms with van der Waals surface area (Å²) in [4.78, 5) is 28.1. The maximum Gasteiger partial charge on any atom is 0.262 e. The number of amides is 2. The molecule has 0 bridgehead atoms.